The Morgan fingerprint density at radius 3 is 2.05 bits per heavy atom. The average molecular weight is 266 g/mol. The summed E-state index contributed by atoms with van der Waals surface area (Å²) in [5.74, 6) is 1.60. The molecule has 1 rings (SSSR count). The molecule has 108 valence electrons. The van der Waals surface area contributed by atoms with Crippen molar-refractivity contribution in [3.05, 3.63) is 23.8 Å². The van der Waals surface area contributed by atoms with Crippen LogP contribution in [0.1, 0.15) is 31.9 Å². The Morgan fingerprint density at radius 2 is 1.63 bits per heavy atom. The Bertz CT molecular complexity index is 356. The predicted molar refractivity (Wildman–Crippen MR) is 78.9 cm³/mol. The summed E-state index contributed by atoms with van der Waals surface area (Å²) in [6.45, 7) is 7.41. The topological polar surface area (TPSA) is 47.7 Å². The molecule has 4 heteroatoms. The zero-order chi connectivity index (χ0) is 14.3. The SMILES string of the molecule is CCN(CC)CCC(N)c1c(OC)cccc1OC. The van der Waals surface area contributed by atoms with Crippen LogP contribution in [0.4, 0.5) is 0 Å². The Kier molecular flexibility index (Phi) is 6.67. The first-order valence-electron chi connectivity index (χ1n) is 6.86. The zero-order valence-electron chi connectivity index (χ0n) is 12.5. The molecule has 0 aliphatic heterocycles. The van der Waals surface area contributed by atoms with Crippen molar-refractivity contribution >= 4 is 0 Å². The van der Waals surface area contributed by atoms with Gasteiger partial charge in [-0.25, -0.2) is 0 Å². The van der Waals surface area contributed by atoms with Gasteiger partial charge in [0.1, 0.15) is 11.5 Å². The third-order valence-corrected chi connectivity index (χ3v) is 3.49. The largest absolute Gasteiger partial charge is 0.496 e. The molecule has 1 atom stereocenters. The molecular formula is C15H26N2O2. The third kappa shape index (κ3) is 4.11. The van der Waals surface area contributed by atoms with Gasteiger partial charge >= 0.3 is 0 Å². The van der Waals surface area contributed by atoms with Crippen LogP contribution in [0.15, 0.2) is 18.2 Å². The molecule has 0 heterocycles. The van der Waals surface area contributed by atoms with E-state index in [1.165, 1.54) is 0 Å². The van der Waals surface area contributed by atoms with Crippen molar-refractivity contribution in [1.29, 1.82) is 0 Å². The molecule has 0 saturated carbocycles. The predicted octanol–water partition coefficient (Wildman–Crippen LogP) is 2.44. The van der Waals surface area contributed by atoms with E-state index in [9.17, 15) is 0 Å². The first kappa shape index (κ1) is 15.8. The second kappa shape index (κ2) is 8.02. The van der Waals surface area contributed by atoms with Gasteiger partial charge in [0.05, 0.1) is 19.8 Å². The first-order chi connectivity index (χ1) is 9.17. The van der Waals surface area contributed by atoms with Gasteiger partial charge in [-0.05, 0) is 38.2 Å². The van der Waals surface area contributed by atoms with Gasteiger partial charge in [0, 0.05) is 6.04 Å². The molecule has 0 aromatic heterocycles. The molecule has 0 aliphatic carbocycles. The summed E-state index contributed by atoms with van der Waals surface area (Å²) in [5.41, 5.74) is 7.28. The molecule has 2 N–H and O–H groups in total. The number of hydrogen-bond donors (Lipinski definition) is 1. The summed E-state index contributed by atoms with van der Waals surface area (Å²) in [7, 11) is 3.32. The molecule has 19 heavy (non-hydrogen) atoms. The number of nitrogens with two attached hydrogens (primary N) is 1. The lowest BCUT2D eigenvalue weighted by Gasteiger charge is -2.23. The second-order valence-electron chi connectivity index (χ2n) is 4.50. The fourth-order valence-corrected chi connectivity index (χ4v) is 2.25. The number of benzene rings is 1. The van der Waals surface area contributed by atoms with E-state index in [1.807, 2.05) is 18.2 Å². The molecule has 0 aliphatic rings. The molecule has 4 nitrogen and oxygen atoms in total. The van der Waals surface area contributed by atoms with E-state index in [0.29, 0.717) is 0 Å². The standard InChI is InChI=1S/C15H26N2O2/c1-5-17(6-2)11-10-12(16)15-13(18-3)8-7-9-14(15)19-4/h7-9,12H,5-6,10-11,16H2,1-4H3. The van der Waals surface area contributed by atoms with E-state index in [-0.39, 0.29) is 6.04 Å². The fourth-order valence-electron chi connectivity index (χ4n) is 2.25. The summed E-state index contributed by atoms with van der Waals surface area (Å²) in [5, 5.41) is 0. The van der Waals surface area contributed by atoms with Gasteiger partial charge in [0.15, 0.2) is 0 Å². The third-order valence-electron chi connectivity index (χ3n) is 3.49. The van der Waals surface area contributed by atoms with Crippen molar-refractivity contribution in [1.82, 2.24) is 4.90 Å². The van der Waals surface area contributed by atoms with E-state index in [4.69, 9.17) is 15.2 Å². The van der Waals surface area contributed by atoms with E-state index >= 15 is 0 Å². The lowest BCUT2D eigenvalue weighted by molar-refractivity contribution is 0.287. The van der Waals surface area contributed by atoms with Gasteiger partial charge in [-0.15, -0.1) is 0 Å². The van der Waals surface area contributed by atoms with Gasteiger partial charge < -0.3 is 20.1 Å². The molecular weight excluding hydrogens is 240 g/mol. The van der Waals surface area contributed by atoms with Crippen molar-refractivity contribution < 1.29 is 9.47 Å². The van der Waals surface area contributed by atoms with E-state index in [1.54, 1.807) is 14.2 Å². The van der Waals surface area contributed by atoms with Crippen LogP contribution in [-0.4, -0.2) is 38.8 Å². The van der Waals surface area contributed by atoms with Crippen molar-refractivity contribution in [2.45, 2.75) is 26.3 Å². The van der Waals surface area contributed by atoms with Crippen molar-refractivity contribution in [2.24, 2.45) is 5.73 Å². The van der Waals surface area contributed by atoms with Crippen molar-refractivity contribution in [3.63, 3.8) is 0 Å². The Hall–Kier alpha value is -1.26. The average Bonchev–Trinajstić information content (AvgIpc) is 2.46. The number of rotatable bonds is 8. The van der Waals surface area contributed by atoms with Crippen LogP contribution in [0.2, 0.25) is 0 Å². The minimum absolute atomic E-state index is 0.0771. The van der Waals surface area contributed by atoms with Crippen LogP contribution in [-0.2, 0) is 0 Å². The fraction of sp³-hybridized carbons (Fsp3) is 0.600. The monoisotopic (exact) mass is 266 g/mol. The van der Waals surface area contributed by atoms with Gasteiger partial charge in [0.2, 0.25) is 0 Å². The normalized spacial score (nSPS) is 12.5. The molecule has 1 aromatic rings. The quantitative estimate of drug-likeness (QED) is 0.785. The zero-order valence-corrected chi connectivity index (χ0v) is 12.5. The smallest absolute Gasteiger partial charge is 0.127 e. The molecule has 0 amide bonds. The molecule has 0 spiro atoms. The summed E-state index contributed by atoms with van der Waals surface area (Å²) < 4.78 is 10.8. The van der Waals surface area contributed by atoms with Gasteiger partial charge in [0.25, 0.3) is 0 Å². The lowest BCUT2D eigenvalue weighted by atomic mass is 10.0. The maximum absolute atomic E-state index is 6.32. The van der Waals surface area contributed by atoms with Gasteiger partial charge in [-0.2, -0.15) is 0 Å². The summed E-state index contributed by atoms with van der Waals surface area (Å²) >= 11 is 0. The number of ether oxygens (including phenoxy) is 2. The summed E-state index contributed by atoms with van der Waals surface area (Å²) in [4.78, 5) is 2.36. The van der Waals surface area contributed by atoms with Crippen molar-refractivity contribution in [3.8, 4) is 11.5 Å². The lowest BCUT2D eigenvalue weighted by Crippen LogP contribution is -2.27. The van der Waals surface area contributed by atoms with Crippen LogP contribution in [0.3, 0.4) is 0 Å². The Balaban J connectivity index is 2.83. The highest BCUT2D eigenvalue weighted by Crippen LogP contribution is 2.34. The van der Waals surface area contributed by atoms with Crippen LogP contribution in [0.5, 0.6) is 11.5 Å². The van der Waals surface area contributed by atoms with Crippen LogP contribution >= 0.6 is 0 Å². The van der Waals surface area contributed by atoms with Crippen LogP contribution < -0.4 is 15.2 Å². The number of nitrogens with zero attached hydrogens (tertiary/aromatic N) is 1. The maximum Gasteiger partial charge on any atom is 0.127 e. The van der Waals surface area contributed by atoms with E-state index < -0.39 is 0 Å². The molecule has 0 bridgehead atoms. The highest BCUT2D eigenvalue weighted by Gasteiger charge is 2.17. The van der Waals surface area contributed by atoms with Gasteiger partial charge in [-0.3, -0.25) is 0 Å². The summed E-state index contributed by atoms with van der Waals surface area (Å²) in [6.07, 6.45) is 0.887. The van der Waals surface area contributed by atoms with E-state index in [0.717, 1.165) is 43.1 Å². The molecule has 1 unspecified atom stereocenters. The maximum atomic E-state index is 6.32. The van der Waals surface area contributed by atoms with Crippen LogP contribution in [0.25, 0.3) is 0 Å². The Labute approximate surface area is 116 Å². The highest BCUT2D eigenvalue weighted by molar-refractivity contribution is 5.46. The molecule has 0 radical (unpaired) electrons. The summed E-state index contributed by atoms with van der Waals surface area (Å²) in [6, 6.07) is 5.69. The highest BCUT2D eigenvalue weighted by atomic mass is 16.5. The first-order valence-corrected chi connectivity index (χ1v) is 6.86. The van der Waals surface area contributed by atoms with Crippen LogP contribution in [0, 0.1) is 0 Å². The number of hydrogen-bond acceptors (Lipinski definition) is 4. The molecule has 1 aromatic carbocycles. The van der Waals surface area contributed by atoms with E-state index in [2.05, 4.69) is 18.7 Å². The second-order valence-corrected chi connectivity index (χ2v) is 4.50. The minimum Gasteiger partial charge on any atom is -0.496 e. The van der Waals surface area contributed by atoms with Gasteiger partial charge in [-0.1, -0.05) is 19.9 Å². The van der Waals surface area contributed by atoms with Crippen molar-refractivity contribution in [2.75, 3.05) is 33.9 Å². The molecule has 0 fully saturated rings. The molecule has 0 saturated heterocycles. The Morgan fingerprint density at radius 1 is 1.11 bits per heavy atom. The number of methoxy groups -OCH3 is 2. The minimum atomic E-state index is -0.0771.